The van der Waals surface area contributed by atoms with Gasteiger partial charge in [0.1, 0.15) is 23.1 Å². The summed E-state index contributed by atoms with van der Waals surface area (Å²) in [5, 5.41) is 0. The third kappa shape index (κ3) is 16.1. The van der Waals surface area contributed by atoms with Crippen molar-refractivity contribution in [1.82, 2.24) is 0 Å². The van der Waals surface area contributed by atoms with Crippen LogP contribution in [0.25, 0.3) is 0 Å². The van der Waals surface area contributed by atoms with E-state index in [1.54, 1.807) is 0 Å². The Labute approximate surface area is 258 Å². The van der Waals surface area contributed by atoms with Crippen molar-refractivity contribution < 1.29 is 19.1 Å². The van der Waals surface area contributed by atoms with Gasteiger partial charge in [-0.3, -0.25) is 9.59 Å². The monoisotopic (exact) mass is 580 g/mol. The minimum Gasteiger partial charge on any atom is -0.494 e. The Balaban J connectivity index is 0.000000420. The highest BCUT2D eigenvalue weighted by Gasteiger charge is 2.10. The van der Waals surface area contributed by atoms with Gasteiger partial charge in [0.2, 0.25) is 0 Å². The zero-order valence-electron chi connectivity index (χ0n) is 27.9. The number of carbonyl (C=O) groups is 2. The highest BCUT2D eigenvalue weighted by molar-refractivity contribution is 5.80. The average molecular weight is 581 g/mol. The third-order valence-electron chi connectivity index (χ3n) is 7.79. The Kier molecular flexibility index (Phi) is 20.4. The second-order valence-corrected chi connectivity index (χ2v) is 11.9. The second-order valence-electron chi connectivity index (χ2n) is 11.9. The van der Waals surface area contributed by atoms with Gasteiger partial charge in [-0.05, 0) is 99.6 Å². The highest BCUT2D eigenvalue weighted by Crippen LogP contribution is 2.23. The summed E-state index contributed by atoms with van der Waals surface area (Å²) in [6.45, 7) is 16.0. The summed E-state index contributed by atoms with van der Waals surface area (Å²) in [5.41, 5.74) is 3.97. The first kappa shape index (κ1) is 37.4. The SMILES string of the molecule is CCCOc1cccc(CCCCCC(=O)C(C)C)c1C.CCCOc1cccc(CCCCCC(=O)C(C)CC)c1. The Morgan fingerprint density at radius 3 is 1.98 bits per heavy atom. The molecule has 1 unspecified atom stereocenters. The largest absolute Gasteiger partial charge is 0.494 e. The fourth-order valence-electron chi connectivity index (χ4n) is 4.67. The number of aryl methyl sites for hydroxylation is 2. The smallest absolute Gasteiger partial charge is 0.135 e. The Morgan fingerprint density at radius 2 is 1.33 bits per heavy atom. The molecule has 0 aliphatic heterocycles. The van der Waals surface area contributed by atoms with Crippen LogP contribution in [0.2, 0.25) is 0 Å². The normalized spacial score (nSPS) is 11.5. The number of carbonyl (C=O) groups excluding carboxylic acids is 2. The number of Topliss-reactive ketones (excluding diaryl/α,β-unsaturated/α-hetero) is 2. The Hall–Kier alpha value is -2.62. The van der Waals surface area contributed by atoms with Crippen LogP contribution in [0.15, 0.2) is 42.5 Å². The van der Waals surface area contributed by atoms with Gasteiger partial charge >= 0.3 is 0 Å². The number of ketones is 2. The summed E-state index contributed by atoms with van der Waals surface area (Å²) in [4.78, 5) is 23.3. The topological polar surface area (TPSA) is 52.6 Å². The van der Waals surface area contributed by atoms with Gasteiger partial charge < -0.3 is 9.47 Å². The van der Waals surface area contributed by atoms with Crippen LogP contribution in [-0.2, 0) is 22.4 Å². The van der Waals surface area contributed by atoms with Gasteiger partial charge in [0.15, 0.2) is 0 Å². The zero-order valence-corrected chi connectivity index (χ0v) is 27.9. The molecule has 4 heteroatoms. The first-order valence-electron chi connectivity index (χ1n) is 16.7. The molecule has 0 fully saturated rings. The number of hydrogen-bond acceptors (Lipinski definition) is 4. The molecule has 0 saturated heterocycles. The van der Waals surface area contributed by atoms with Crippen molar-refractivity contribution in [1.29, 1.82) is 0 Å². The lowest BCUT2D eigenvalue weighted by molar-refractivity contribution is -0.123. The number of ether oxygens (including phenoxy) is 2. The minimum absolute atomic E-state index is 0.180. The van der Waals surface area contributed by atoms with E-state index in [2.05, 4.69) is 64.1 Å². The second kappa shape index (κ2) is 22.9. The van der Waals surface area contributed by atoms with Crippen LogP contribution in [0.5, 0.6) is 11.5 Å². The molecule has 2 aromatic carbocycles. The van der Waals surface area contributed by atoms with Gasteiger partial charge in [-0.2, -0.15) is 0 Å². The van der Waals surface area contributed by atoms with Gasteiger partial charge in [0.25, 0.3) is 0 Å². The molecule has 42 heavy (non-hydrogen) atoms. The van der Waals surface area contributed by atoms with Crippen LogP contribution in [0, 0.1) is 18.8 Å². The van der Waals surface area contributed by atoms with Crippen LogP contribution in [0.1, 0.15) is 129 Å². The molecule has 0 saturated carbocycles. The zero-order chi connectivity index (χ0) is 31.2. The van der Waals surface area contributed by atoms with Crippen LogP contribution < -0.4 is 9.47 Å². The predicted molar refractivity (Wildman–Crippen MR) is 178 cm³/mol. The molecule has 0 N–H and O–H groups in total. The maximum atomic E-state index is 11.7. The lowest BCUT2D eigenvalue weighted by Gasteiger charge is -2.12. The number of benzene rings is 2. The lowest BCUT2D eigenvalue weighted by Crippen LogP contribution is -2.09. The van der Waals surface area contributed by atoms with Crippen molar-refractivity contribution in [3.05, 3.63) is 59.2 Å². The molecule has 0 heterocycles. The summed E-state index contributed by atoms with van der Waals surface area (Å²) in [6.07, 6.45) is 13.2. The van der Waals surface area contributed by atoms with E-state index < -0.39 is 0 Å². The van der Waals surface area contributed by atoms with Gasteiger partial charge in [-0.15, -0.1) is 0 Å². The average Bonchev–Trinajstić information content (AvgIpc) is 2.99. The summed E-state index contributed by atoms with van der Waals surface area (Å²) in [6, 6.07) is 14.7. The maximum Gasteiger partial charge on any atom is 0.135 e. The van der Waals surface area contributed by atoms with Crippen molar-refractivity contribution in [3.8, 4) is 11.5 Å². The van der Waals surface area contributed by atoms with Crippen molar-refractivity contribution in [2.45, 2.75) is 132 Å². The summed E-state index contributed by atoms with van der Waals surface area (Å²) < 4.78 is 11.4. The molecular formula is C38H60O4. The molecule has 0 radical (unpaired) electrons. The Bertz CT molecular complexity index is 1010. The molecule has 236 valence electrons. The molecule has 1 atom stereocenters. The van der Waals surface area contributed by atoms with E-state index in [-0.39, 0.29) is 11.8 Å². The summed E-state index contributed by atoms with van der Waals surface area (Å²) in [5.74, 6) is 3.22. The van der Waals surface area contributed by atoms with Crippen molar-refractivity contribution >= 4 is 11.6 Å². The fraction of sp³-hybridized carbons (Fsp3) is 0.632. The molecule has 0 spiro atoms. The van der Waals surface area contributed by atoms with Gasteiger partial charge in [-0.25, -0.2) is 0 Å². The van der Waals surface area contributed by atoms with Crippen molar-refractivity contribution in [3.63, 3.8) is 0 Å². The molecule has 2 rings (SSSR count). The van der Waals surface area contributed by atoms with E-state index in [0.29, 0.717) is 11.6 Å². The first-order valence-corrected chi connectivity index (χ1v) is 16.7. The van der Waals surface area contributed by atoms with Gasteiger partial charge in [0.05, 0.1) is 13.2 Å². The number of hydrogen-bond donors (Lipinski definition) is 0. The molecule has 0 aliphatic rings. The molecule has 4 nitrogen and oxygen atoms in total. The fourth-order valence-corrected chi connectivity index (χ4v) is 4.67. The number of rotatable bonds is 21. The van der Waals surface area contributed by atoms with E-state index in [9.17, 15) is 9.59 Å². The number of unbranched alkanes of at least 4 members (excludes halogenated alkanes) is 4. The standard InChI is InChI=1S/2C19H30O2/c1-5-14-21-19-13-9-11-17(16(19)4)10-7-6-8-12-18(20)15(2)3;1-4-14-21-18-12-9-11-17(15-18)10-7-6-8-13-19(20)16(3)5-2/h9,11,13,15H,5-8,10,12,14H2,1-4H3;9,11-12,15-16H,4-8,10,13-14H2,1-3H3. The van der Waals surface area contributed by atoms with E-state index in [4.69, 9.17) is 9.47 Å². The predicted octanol–water partition coefficient (Wildman–Crippen LogP) is 10.3. The maximum absolute atomic E-state index is 11.7. The van der Waals surface area contributed by atoms with E-state index in [1.165, 1.54) is 16.7 Å². The first-order chi connectivity index (χ1) is 20.2. The molecular weight excluding hydrogens is 520 g/mol. The highest BCUT2D eigenvalue weighted by atomic mass is 16.5. The molecule has 0 aromatic heterocycles. The molecule has 0 amide bonds. The van der Waals surface area contributed by atoms with Crippen LogP contribution in [-0.4, -0.2) is 24.8 Å². The summed E-state index contributed by atoms with van der Waals surface area (Å²) in [7, 11) is 0. The third-order valence-corrected chi connectivity index (χ3v) is 7.79. The van der Waals surface area contributed by atoms with Crippen molar-refractivity contribution in [2.24, 2.45) is 11.8 Å². The van der Waals surface area contributed by atoms with Gasteiger partial charge in [0, 0.05) is 24.7 Å². The molecule has 0 bridgehead atoms. The lowest BCUT2D eigenvalue weighted by atomic mass is 9.98. The minimum atomic E-state index is 0.180. The van der Waals surface area contributed by atoms with Crippen LogP contribution in [0.4, 0.5) is 0 Å². The van der Waals surface area contributed by atoms with Crippen LogP contribution in [0.3, 0.4) is 0 Å². The van der Waals surface area contributed by atoms with E-state index in [0.717, 1.165) is 108 Å². The van der Waals surface area contributed by atoms with E-state index in [1.807, 2.05) is 26.8 Å². The van der Waals surface area contributed by atoms with Crippen molar-refractivity contribution in [2.75, 3.05) is 13.2 Å². The summed E-state index contributed by atoms with van der Waals surface area (Å²) >= 11 is 0. The van der Waals surface area contributed by atoms with Gasteiger partial charge in [-0.1, -0.05) is 78.6 Å². The van der Waals surface area contributed by atoms with Crippen LogP contribution >= 0.6 is 0 Å². The quantitative estimate of drug-likeness (QED) is 0.138. The Morgan fingerprint density at radius 1 is 0.714 bits per heavy atom. The molecule has 2 aromatic rings. The van der Waals surface area contributed by atoms with E-state index >= 15 is 0 Å². The molecule has 0 aliphatic carbocycles.